The van der Waals surface area contributed by atoms with Crippen molar-refractivity contribution >= 4 is 18.2 Å². The zero-order valence-electron chi connectivity index (χ0n) is 12.8. The molecule has 0 aromatic heterocycles. The Morgan fingerprint density at radius 1 is 0.952 bits per heavy atom. The molecule has 0 aromatic rings. The van der Waals surface area contributed by atoms with Gasteiger partial charge in [0.1, 0.15) is 12.9 Å². The van der Waals surface area contributed by atoms with Gasteiger partial charge < -0.3 is 23.7 Å². The van der Waals surface area contributed by atoms with Crippen molar-refractivity contribution in [2.75, 3.05) is 26.4 Å². The van der Waals surface area contributed by atoms with Crippen LogP contribution in [0.2, 0.25) is 0 Å². The topological polar surface area (TPSA) is 88.1 Å². The first-order chi connectivity index (χ1) is 10.1. The number of esters is 2. The molecule has 7 nitrogen and oxygen atoms in total. The van der Waals surface area contributed by atoms with Gasteiger partial charge in [-0.05, 0) is 20.3 Å². The summed E-state index contributed by atoms with van der Waals surface area (Å²) in [7, 11) is 0. The van der Waals surface area contributed by atoms with Crippen molar-refractivity contribution in [1.29, 1.82) is 0 Å². The number of rotatable bonds is 12. The molecule has 7 heteroatoms. The molecule has 0 heterocycles. The van der Waals surface area contributed by atoms with E-state index in [0.717, 1.165) is 12.8 Å². The maximum Gasteiger partial charge on any atom is 0.338 e. The van der Waals surface area contributed by atoms with Crippen molar-refractivity contribution in [2.45, 2.75) is 45.8 Å². The highest BCUT2D eigenvalue weighted by atomic mass is 16.6. The molecule has 0 rings (SSSR count). The van der Waals surface area contributed by atoms with Gasteiger partial charge in [-0.25, -0.2) is 9.59 Å². The fourth-order valence-electron chi connectivity index (χ4n) is 1.50. The molecule has 0 spiro atoms. The van der Waals surface area contributed by atoms with Crippen LogP contribution in [0.15, 0.2) is 0 Å². The second kappa shape index (κ2) is 12.3. The third kappa shape index (κ3) is 7.77. The van der Waals surface area contributed by atoms with Crippen LogP contribution in [0, 0.1) is 0 Å². The first kappa shape index (κ1) is 19.5. The number of unbranched alkanes of at least 4 members (excludes halogenated alkanes) is 1. The number of hydrogen-bond donors (Lipinski definition) is 0. The molecule has 0 aliphatic heterocycles. The smallest absolute Gasteiger partial charge is 0.338 e. The molecule has 0 aliphatic carbocycles. The van der Waals surface area contributed by atoms with Crippen molar-refractivity contribution in [2.24, 2.45) is 0 Å². The van der Waals surface area contributed by atoms with Crippen molar-refractivity contribution < 1.29 is 33.3 Å². The summed E-state index contributed by atoms with van der Waals surface area (Å²) in [5, 5.41) is 0. The van der Waals surface area contributed by atoms with Crippen LogP contribution < -0.4 is 0 Å². The summed E-state index contributed by atoms with van der Waals surface area (Å²) in [5.41, 5.74) is 0. The van der Waals surface area contributed by atoms with E-state index in [9.17, 15) is 14.4 Å². The largest absolute Gasteiger partial charge is 0.464 e. The van der Waals surface area contributed by atoms with Gasteiger partial charge in [-0.3, -0.25) is 0 Å². The highest BCUT2D eigenvalue weighted by Crippen LogP contribution is 2.11. The summed E-state index contributed by atoms with van der Waals surface area (Å²) in [6.45, 7) is 5.46. The molecule has 122 valence electrons. The average molecular weight is 304 g/mol. The molecular weight excluding hydrogens is 280 g/mol. The second-order valence-electron chi connectivity index (χ2n) is 4.07. The van der Waals surface area contributed by atoms with E-state index >= 15 is 0 Å². The van der Waals surface area contributed by atoms with Crippen LogP contribution in [-0.4, -0.2) is 56.9 Å². The quantitative estimate of drug-likeness (QED) is 0.300. The third-order valence-electron chi connectivity index (χ3n) is 2.45. The van der Waals surface area contributed by atoms with Gasteiger partial charge in [-0.1, -0.05) is 13.3 Å². The minimum Gasteiger partial charge on any atom is -0.464 e. The summed E-state index contributed by atoms with van der Waals surface area (Å²) >= 11 is 0. The highest BCUT2D eigenvalue weighted by molar-refractivity contribution is 5.85. The molecular formula is C14H24O7. The number of hydrogen-bond acceptors (Lipinski definition) is 7. The fraction of sp³-hybridized carbons (Fsp3) is 0.786. The van der Waals surface area contributed by atoms with E-state index in [4.69, 9.17) is 18.9 Å². The van der Waals surface area contributed by atoms with Crippen LogP contribution in [-0.2, 0) is 33.3 Å². The van der Waals surface area contributed by atoms with Crippen LogP contribution in [0.3, 0.4) is 0 Å². The number of carbonyl (C=O) groups is 3. The van der Waals surface area contributed by atoms with Gasteiger partial charge in [-0.2, -0.15) is 0 Å². The molecule has 0 radical (unpaired) electrons. The maximum atomic E-state index is 11.9. The molecule has 2 atom stereocenters. The molecule has 0 fully saturated rings. The zero-order valence-corrected chi connectivity index (χ0v) is 12.8. The van der Waals surface area contributed by atoms with Gasteiger partial charge in [0, 0.05) is 6.61 Å². The minimum atomic E-state index is -1.31. The van der Waals surface area contributed by atoms with Crippen LogP contribution >= 0.6 is 0 Å². The van der Waals surface area contributed by atoms with Crippen LogP contribution in [0.1, 0.15) is 33.6 Å². The van der Waals surface area contributed by atoms with Crippen LogP contribution in [0.4, 0.5) is 0 Å². The summed E-state index contributed by atoms with van der Waals surface area (Å²) in [4.78, 5) is 34.2. The Labute approximate surface area is 124 Å². The Kier molecular flexibility index (Phi) is 11.4. The monoisotopic (exact) mass is 304 g/mol. The average Bonchev–Trinajstić information content (AvgIpc) is 2.46. The Bertz CT molecular complexity index is 316. The normalized spacial score (nSPS) is 13.3. The Morgan fingerprint density at radius 2 is 1.48 bits per heavy atom. The number of aldehydes is 1. The predicted molar refractivity (Wildman–Crippen MR) is 73.7 cm³/mol. The van der Waals surface area contributed by atoms with E-state index in [1.165, 1.54) is 0 Å². The Hall–Kier alpha value is -1.47. The Morgan fingerprint density at radius 3 is 1.90 bits per heavy atom. The molecule has 0 amide bonds. The van der Waals surface area contributed by atoms with Gasteiger partial charge in [0.05, 0.1) is 13.2 Å². The lowest BCUT2D eigenvalue weighted by atomic mass is 10.2. The predicted octanol–water partition coefficient (Wildman–Crippen LogP) is 0.882. The van der Waals surface area contributed by atoms with Crippen molar-refractivity contribution in [3.8, 4) is 0 Å². The highest BCUT2D eigenvalue weighted by Gasteiger charge is 2.38. The summed E-state index contributed by atoms with van der Waals surface area (Å²) in [6, 6.07) is 0. The third-order valence-corrected chi connectivity index (χ3v) is 2.45. The molecule has 0 saturated heterocycles. The molecule has 0 saturated carbocycles. The molecule has 0 aromatic carbocycles. The van der Waals surface area contributed by atoms with Gasteiger partial charge in [0.2, 0.25) is 0 Å². The van der Waals surface area contributed by atoms with Crippen LogP contribution in [0.5, 0.6) is 0 Å². The van der Waals surface area contributed by atoms with Gasteiger partial charge in [-0.15, -0.1) is 0 Å². The molecule has 0 N–H and O–H groups in total. The fourth-order valence-corrected chi connectivity index (χ4v) is 1.50. The van der Waals surface area contributed by atoms with Crippen molar-refractivity contribution in [3.05, 3.63) is 0 Å². The van der Waals surface area contributed by atoms with Gasteiger partial charge in [0.25, 0.3) is 0 Å². The lowest BCUT2D eigenvalue weighted by Gasteiger charge is -2.23. The van der Waals surface area contributed by atoms with Gasteiger partial charge >= 0.3 is 11.9 Å². The molecule has 0 bridgehead atoms. The molecule has 0 aliphatic rings. The first-order valence-electron chi connectivity index (χ1n) is 7.12. The van der Waals surface area contributed by atoms with Crippen LogP contribution in [0.25, 0.3) is 0 Å². The minimum absolute atomic E-state index is 0.129. The van der Waals surface area contributed by atoms with Gasteiger partial charge in [0.15, 0.2) is 12.2 Å². The van der Waals surface area contributed by atoms with E-state index in [1.54, 1.807) is 13.8 Å². The van der Waals surface area contributed by atoms with Crippen molar-refractivity contribution in [1.82, 2.24) is 0 Å². The van der Waals surface area contributed by atoms with E-state index in [1.807, 2.05) is 6.92 Å². The summed E-state index contributed by atoms with van der Waals surface area (Å²) < 4.78 is 20.2. The van der Waals surface area contributed by atoms with E-state index in [0.29, 0.717) is 6.29 Å². The molecule has 21 heavy (non-hydrogen) atoms. The second-order valence-corrected chi connectivity index (χ2v) is 4.07. The maximum absolute atomic E-state index is 11.9. The zero-order chi connectivity index (χ0) is 16.1. The lowest BCUT2D eigenvalue weighted by Crippen LogP contribution is -2.46. The SMILES string of the molecule is CCCCO[C@@H](C(=O)OCC)[C@@H](OCC=O)C(=O)OCC. The number of carbonyl (C=O) groups excluding carboxylic acids is 3. The van der Waals surface area contributed by atoms with E-state index in [-0.39, 0.29) is 26.4 Å². The Balaban J connectivity index is 4.97. The first-order valence-corrected chi connectivity index (χ1v) is 7.12. The standard InChI is InChI=1S/C14H24O7/c1-4-7-9-20-11(13(16)18-5-2)12(21-10-8-15)14(17)19-6-3/h8,11-12H,4-7,9-10H2,1-3H3/t11-,12-/m1/s1. The lowest BCUT2D eigenvalue weighted by molar-refractivity contribution is -0.183. The molecule has 0 unspecified atom stereocenters. The van der Waals surface area contributed by atoms with Crippen molar-refractivity contribution in [3.63, 3.8) is 0 Å². The number of ether oxygens (including phenoxy) is 4. The van der Waals surface area contributed by atoms with E-state index in [2.05, 4.69) is 0 Å². The summed E-state index contributed by atoms with van der Waals surface area (Å²) in [6.07, 6.45) is -0.476. The summed E-state index contributed by atoms with van der Waals surface area (Å²) in [5.74, 6) is -1.47. The van der Waals surface area contributed by atoms with E-state index < -0.39 is 24.1 Å².